The highest BCUT2D eigenvalue weighted by Gasteiger charge is 2.32. The summed E-state index contributed by atoms with van der Waals surface area (Å²) in [5.41, 5.74) is 4.85. The quantitative estimate of drug-likeness (QED) is 0.719. The molecule has 0 unspecified atom stereocenters. The lowest BCUT2D eigenvalue weighted by molar-refractivity contribution is 0.112. The van der Waals surface area contributed by atoms with Gasteiger partial charge in [0.1, 0.15) is 5.76 Å². The molecule has 5 heteroatoms. The Morgan fingerprint density at radius 2 is 2.04 bits per heavy atom. The van der Waals surface area contributed by atoms with Crippen LogP contribution in [0.2, 0.25) is 0 Å². The first kappa shape index (κ1) is 15.8. The van der Waals surface area contributed by atoms with E-state index < -0.39 is 0 Å². The Morgan fingerprint density at radius 1 is 1.19 bits per heavy atom. The summed E-state index contributed by atoms with van der Waals surface area (Å²) in [7, 11) is 0. The van der Waals surface area contributed by atoms with Gasteiger partial charge in [-0.3, -0.25) is 9.58 Å². The Kier molecular flexibility index (Phi) is 3.89. The molecule has 1 aliphatic heterocycles. The van der Waals surface area contributed by atoms with E-state index in [2.05, 4.69) is 44.9 Å². The van der Waals surface area contributed by atoms with Crippen molar-refractivity contribution in [2.45, 2.75) is 51.7 Å². The van der Waals surface area contributed by atoms with Crippen molar-refractivity contribution in [1.29, 1.82) is 0 Å². The predicted molar refractivity (Wildman–Crippen MR) is 99.8 cm³/mol. The van der Waals surface area contributed by atoms with Gasteiger partial charge in [-0.25, -0.2) is 4.98 Å². The Balaban J connectivity index is 1.53. The van der Waals surface area contributed by atoms with E-state index in [9.17, 15) is 0 Å². The number of fused-ring (bicyclic) bond motifs is 1. The van der Waals surface area contributed by atoms with Gasteiger partial charge in [0.2, 0.25) is 5.89 Å². The molecule has 5 nitrogen and oxygen atoms in total. The highest BCUT2D eigenvalue weighted by Crippen LogP contribution is 2.34. The van der Waals surface area contributed by atoms with Gasteiger partial charge in [-0.05, 0) is 25.3 Å². The predicted octanol–water partition coefficient (Wildman–Crippen LogP) is 3.81. The standard InChI is InChI=1S/C21H24N4O/c1-15-12-22-21(26-15)20-18-14-24(17-8-5-9-17)11-10-19(18)25(23-20)13-16-6-3-2-4-7-16/h2-4,6-7,12,17H,5,8-11,13-14H2,1H3. The Morgan fingerprint density at radius 3 is 2.73 bits per heavy atom. The molecule has 1 saturated carbocycles. The molecular weight excluding hydrogens is 324 g/mol. The van der Waals surface area contributed by atoms with Crippen LogP contribution >= 0.6 is 0 Å². The molecule has 3 aromatic rings. The first-order chi connectivity index (χ1) is 12.8. The zero-order valence-electron chi connectivity index (χ0n) is 15.2. The maximum atomic E-state index is 5.83. The van der Waals surface area contributed by atoms with Gasteiger partial charge in [0.05, 0.1) is 12.7 Å². The third kappa shape index (κ3) is 2.76. The van der Waals surface area contributed by atoms with E-state index in [0.717, 1.165) is 43.6 Å². The maximum Gasteiger partial charge on any atom is 0.247 e. The van der Waals surface area contributed by atoms with Crippen molar-refractivity contribution in [2.24, 2.45) is 0 Å². The molecule has 0 spiro atoms. The van der Waals surface area contributed by atoms with E-state index in [0.29, 0.717) is 5.89 Å². The third-order valence-corrected chi connectivity index (χ3v) is 5.75. The van der Waals surface area contributed by atoms with E-state index in [1.54, 1.807) is 6.20 Å². The fraction of sp³-hybridized carbons (Fsp3) is 0.429. The van der Waals surface area contributed by atoms with Crippen molar-refractivity contribution in [3.8, 4) is 11.6 Å². The van der Waals surface area contributed by atoms with Crippen molar-refractivity contribution >= 4 is 0 Å². The van der Waals surface area contributed by atoms with Gasteiger partial charge in [0.15, 0.2) is 5.69 Å². The molecule has 0 N–H and O–H groups in total. The molecule has 2 aromatic heterocycles. The van der Waals surface area contributed by atoms with E-state index in [-0.39, 0.29) is 0 Å². The summed E-state index contributed by atoms with van der Waals surface area (Å²) in [6.07, 6.45) is 6.87. The van der Waals surface area contributed by atoms with Crippen LogP contribution in [0.15, 0.2) is 40.9 Å². The highest BCUT2D eigenvalue weighted by atomic mass is 16.4. The second kappa shape index (κ2) is 6.40. The van der Waals surface area contributed by atoms with E-state index in [1.165, 1.54) is 36.1 Å². The summed E-state index contributed by atoms with van der Waals surface area (Å²) in [4.78, 5) is 7.08. The summed E-state index contributed by atoms with van der Waals surface area (Å²) in [6, 6.07) is 11.3. The van der Waals surface area contributed by atoms with Crippen LogP contribution in [0.1, 0.15) is 41.8 Å². The molecule has 1 aromatic carbocycles. The maximum absolute atomic E-state index is 5.83. The van der Waals surface area contributed by atoms with Crippen LogP contribution in [0.5, 0.6) is 0 Å². The van der Waals surface area contributed by atoms with Crippen molar-refractivity contribution in [3.63, 3.8) is 0 Å². The first-order valence-electron chi connectivity index (χ1n) is 9.57. The monoisotopic (exact) mass is 348 g/mol. The van der Waals surface area contributed by atoms with Crippen LogP contribution in [0.3, 0.4) is 0 Å². The molecule has 0 atom stereocenters. The number of oxazole rings is 1. The van der Waals surface area contributed by atoms with Crippen LogP contribution in [-0.2, 0) is 19.5 Å². The van der Waals surface area contributed by atoms with Crippen molar-refractivity contribution in [1.82, 2.24) is 19.7 Å². The fourth-order valence-corrected chi connectivity index (χ4v) is 4.10. The largest absolute Gasteiger partial charge is 0.440 e. The van der Waals surface area contributed by atoms with Gasteiger partial charge in [0, 0.05) is 36.8 Å². The number of hydrogen-bond acceptors (Lipinski definition) is 4. The van der Waals surface area contributed by atoms with Gasteiger partial charge in [0.25, 0.3) is 0 Å². The number of benzene rings is 1. The van der Waals surface area contributed by atoms with Crippen LogP contribution < -0.4 is 0 Å². The number of aryl methyl sites for hydroxylation is 1. The van der Waals surface area contributed by atoms with Gasteiger partial charge in [-0.15, -0.1) is 0 Å². The normalized spacial score (nSPS) is 17.9. The fourth-order valence-electron chi connectivity index (χ4n) is 4.10. The van der Waals surface area contributed by atoms with Gasteiger partial charge in [-0.1, -0.05) is 36.8 Å². The number of nitrogens with zero attached hydrogens (tertiary/aromatic N) is 4. The van der Waals surface area contributed by atoms with Crippen LogP contribution in [0, 0.1) is 6.92 Å². The van der Waals surface area contributed by atoms with Crippen molar-refractivity contribution in [3.05, 3.63) is 59.1 Å². The van der Waals surface area contributed by atoms with E-state index in [4.69, 9.17) is 9.52 Å². The average Bonchev–Trinajstić information content (AvgIpc) is 3.18. The Bertz CT molecular complexity index is 907. The topological polar surface area (TPSA) is 47.1 Å². The number of hydrogen-bond donors (Lipinski definition) is 0. The van der Waals surface area contributed by atoms with Gasteiger partial charge < -0.3 is 4.42 Å². The van der Waals surface area contributed by atoms with Gasteiger partial charge in [-0.2, -0.15) is 5.10 Å². The second-order valence-corrected chi connectivity index (χ2v) is 7.50. The van der Waals surface area contributed by atoms with E-state index in [1.807, 2.05) is 6.92 Å². The molecule has 2 aliphatic rings. The lowest BCUT2D eigenvalue weighted by Crippen LogP contribution is -2.43. The smallest absolute Gasteiger partial charge is 0.247 e. The minimum Gasteiger partial charge on any atom is -0.440 e. The molecule has 0 bridgehead atoms. The molecule has 0 amide bonds. The lowest BCUT2D eigenvalue weighted by Gasteiger charge is -2.39. The molecule has 5 rings (SSSR count). The van der Waals surface area contributed by atoms with Crippen molar-refractivity contribution < 1.29 is 4.42 Å². The molecule has 1 fully saturated rings. The average molecular weight is 348 g/mol. The Labute approximate surface area is 153 Å². The number of rotatable bonds is 4. The van der Waals surface area contributed by atoms with E-state index >= 15 is 0 Å². The summed E-state index contributed by atoms with van der Waals surface area (Å²) < 4.78 is 7.99. The van der Waals surface area contributed by atoms with Crippen LogP contribution in [-0.4, -0.2) is 32.3 Å². The summed E-state index contributed by atoms with van der Waals surface area (Å²) in [5.74, 6) is 1.49. The van der Waals surface area contributed by atoms with Crippen LogP contribution in [0.4, 0.5) is 0 Å². The zero-order chi connectivity index (χ0) is 17.5. The summed E-state index contributed by atoms with van der Waals surface area (Å²) in [5, 5.41) is 4.94. The molecule has 134 valence electrons. The minimum absolute atomic E-state index is 0.654. The first-order valence-corrected chi connectivity index (χ1v) is 9.57. The molecule has 3 heterocycles. The number of aromatic nitrogens is 3. The molecule has 0 radical (unpaired) electrons. The minimum atomic E-state index is 0.654. The molecule has 26 heavy (non-hydrogen) atoms. The highest BCUT2D eigenvalue weighted by molar-refractivity contribution is 5.56. The van der Waals surface area contributed by atoms with Crippen LogP contribution in [0.25, 0.3) is 11.6 Å². The van der Waals surface area contributed by atoms with Crippen molar-refractivity contribution in [2.75, 3.05) is 6.54 Å². The zero-order valence-corrected chi connectivity index (χ0v) is 15.2. The van der Waals surface area contributed by atoms with Gasteiger partial charge >= 0.3 is 0 Å². The molecule has 1 aliphatic carbocycles. The Hall–Kier alpha value is -2.40. The second-order valence-electron chi connectivity index (χ2n) is 7.50. The molecule has 0 saturated heterocycles. The molecular formula is C21H24N4O. The lowest BCUT2D eigenvalue weighted by atomic mass is 9.89. The summed E-state index contributed by atoms with van der Waals surface area (Å²) in [6.45, 7) is 4.82. The third-order valence-electron chi connectivity index (χ3n) is 5.75. The SMILES string of the molecule is Cc1cnc(-c2nn(Cc3ccccc3)c3c2CN(C2CCC2)CC3)o1. The summed E-state index contributed by atoms with van der Waals surface area (Å²) >= 11 is 0.